The third-order valence-corrected chi connectivity index (χ3v) is 16.2. The average Bonchev–Trinajstić information content (AvgIpc) is 3.42. The number of aliphatic hydroxyl groups excluding tert-OH is 2. The zero-order valence-corrected chi connectivity index (χ0v) is 51.5. The van der Waals surface area contributed by atoms with Gasteiger partial charge in [-0.2, -0.15) is 0 Å². The first-order chi connectivity index (χ1) is 37.5. The third kappa shape index (κ3) is 61.6. The highest BCUT2D eigenvalue weighted by atomic mass is 16.5. The summed E-state index contributed by atoms with van der Waals surface area (Å²) in [5, 5.41) is 23.4. The highest BCUT2D eigenvalue weighted by molar-refractivity contribution is 5.76. The van der Waals surface area contributed by atoms with Crippen LogP contribution in [0, 0.1) is 0 Å². The fourth-order valence-corrected chi connectivity index (χ4v) is 11.0. The van der Waals surface area contributed by atoms with E-state index in [-0.39, 0.29) is 18.5 Å². The summed E-state index contributed by atoms with van der Waals surface area (Å²) in [6.07, 6.45) is 82.2. The van der Waals surface area contributed by atoms with Crippen molar-refractivity contribution in [1.29, 1.82) is 0 Å². The van der Waals surface area contributed by atoms with Gasteiger partial charge in [-0.25, -0.2) is 0 Å². The lowest BCUT2D eigenvalue weighted by Crippen LogP contribution is -2.45. The van der Waals surface area contributed by atoms with Crippen molar-refractivity contribution in [3.8, 4) is 0 Å². The Kier molecular flexibility index (Phi) is 64.4. The molecule has 76 heavy (non-hydrogen) atoms. The van der Waals surface area contributed by atoms with Crippen LogP contribution in [0.25, 0.3) is 0 Å². The standard InChI is InChI=1S/C70H135NO5/c1-3-5-7-9-11-13-15-17-18-19-20-21-22-23-24-26-29-32-35-39-42-46-50-54-58-62-68(73)67(66-72)71-69(74)63-59-55-51-47-43-40-36-33-30-27-25-28-31-34-37-41-45-49-53-57-61-65-76-70(75)64-60-56-52-48-44-38-16-14-12-10-8-6-4-2/h8,10,14,16,67-68,72-73H,3-7,9,11-13,15,17-66H2,1-2H3,(H,71,74)/b10-8-,16-14-. The molecule has 0 aromatic heterocycles. The zero-order chi connectivity index (χ0) is 55.0. The molecule has 0 aliphatic rings. The highest BCUT2D eigenvalue weighted by Crippen LogP contribution is 2.19. The lowest BCUT2D eigenvalue weighted by atomic mass is 10.0. The maximum Gasteiger partial charge on any atom is 0.305 e. The SMILES string of the molecule is CCC/C=C\C/C=C\CCCCCCCC(=O)OCCCCCCCCCCCCCCCCCCCCCCCC(=O)NC(CO)C(O)CCCCCCCCCCCCCCCCCCCCCCCCCCC. The van der Waals surface area contributed by atoms with E-state index in [1.165, 1.54) is 302 Å². The van der Waals surface area contributed by atoms with E-state index in [0.29, 0.717) is 25.9 Å². The Morgan fingerprint density at radius 2 is 0.684 bits per heavy atom. The maximum absolute atomic E-state index is 12.6. The molecule has 450 valence electrons. The second kappa shape index (κ2) is 65.9. The van der Waals surface area contributed by atoms with Crippen molar-refractivity contribution >= 4 is 11.9 Å². The maximum atomic E-state index is 12.6. The van der Waals surface area contributed by atoms with E-state index >= 15 is 0 Å². The van der Waals surface area contributed by atoms with Crippen molar-refractivity contribution in [1.82, 2.24) is 5.32 Å². The fraction of sp³-hybridized carbons (Fsp3) is 0.914. The molecule has 0 bridgehead atoms. The van der Waals surface area contributed by atoms with Gasteiger partial charge >= 0.3 is 5.97 Å². The second-order valence-corrected chi connectivity index (χ2v) is 23.9. The van der Waals surface area contributed by atoms with E-state index in [9.17, 15) is 19.8 Å². The number of ether oxygens (including phenoxy) is 1. The third-order valence-electron chi connectivity index (χ3n) is 16.2. The minimum atomic E-state index is -0.667. The molecule has 0 aliphatic carbocycles. The van der Waals surface area contributed by atoms with Crippen molar-refractivity contribution < 1.29 is 24.5 Å². The van der Waals surface area contributed by atoms with Gasteiger partial charge in [0.05, 0.1) is 25.4 Å². The van der Waals surface area contributed by atoms with Crippen LogP contribution in [0.1, 0.15) is 386 Å². The molecule has 0 aliphatic heterocycles. The molecule has 0 fully saturated rings. The number of allylic oxidation sites excluding steroid dienone is 4. The van der Waals surface area contributed by atoms with Gasteiger partial charge in [-0.05, 0) is 51.4 Å². The Morgan fingerprint density at radius 1 is 0.368 bits per heavy atom. The Hall–Kier alpha value is -1.66. The summed E-state index contributed by atoms with van der Waals surface area (Å²) in [6, 6.07) is -0.544. The molecule has 0 saturated heterocycles. The molecule has 0 aromatic carbocycles. The number of hydrogen-bond acceptors (Lipinski definition) is 5. The highest BCUT2D eigenvalue weighted by Gasteiger charge is 2.20. The Bertz CT molecular complexity index is 1190. The van der Waals surface area contributed by atoms with Crippen LogP contribution < -0.4 is 5.32 Å². The van der Waals surface area contributed by atoms with Crippen LogP contribution in [0.3, 0.4) is 0 Å². The fourth-order valence-electron chi connectivity index (χ4n) is 11.0. The molecule has 2 unspecified atom stereocenters. The van der Waals surface area contributed by atoms with Crippen LogP contribution in [-0.4, -0.2) is 47.4 Å². The van der Waals surface area contributed by atoms with Gasteiger partial charge in [0, 0.05) is 12.8 Å². The van der Waals surface area contributed by atoms with E-state index in [1.54, 1.807) is 0 Å². The Labute approximate surface area is 475 Å². The van der Waals surface area contributed by atoms with Gasteiger partial charge < -0.3 is 20.3 Å². The summed E-state index contributed by atoms with van der Waals surface area (Å²) in [4.78, 5) is 24.6. The molecule has 1 amide bonds. The summed E-state index contributed by atoms with van der Waals surface area (Å²) < 4.78 is 5.47. The molecule has 2 atom stereocenters. The average molecular weight is 1070 g/mol. The lowest BCUT2D eigenvalue weighted by Gasteiger charge is -2.22. The number of aliphatic hydroxyl groups is 2. The normalized spacial score (nSPS) is 12.6. The van der Waals surface area contributed by atoms with E-state index < -0.39 is 12.1 Å². The number of esters is 1. The minimum Gasteiger partial charge on any atom is -0.466 e. The van der Waals surface area contributed by atoms with Crippen molar-refractivity contribution in [3.05, 3.63) is 24.3 Å². The molecule has 0 spiro atoms. The predicted octanol–water partition coefficient (Wildman–Crippen LogP) is 22.1. The van der Waals surface area contributed by atoms with Gasteiger partial charge in [0.2, 0.25) is 5.91 Å². The summed E-state index contributed by atoms with van der Waals surface area (Å²) >= 11 is 0. The van der Waals surface area contributed by atoms with Gasteiger partial charge in [-0.15, -0.1) is 0 Å². The number of carbonyl (C=O) groups excluding carboxylic acids is 2. The molecule has 0 radical (unpaired) electrons. The van der Waals surface area contributed by atoms with Crippen molar-refractivity contribution in [2.24, 2.45) is 0 Å². The first kappa shape index (κ1) is 74.3. The lowest BCUT2D eigenvalue weighted by molar-refractivity contribution is -0.143. The molecule has 6 heteroatoms. The van der Waals surface area contributed by atoms with Gasteiger partial charge in [-0.3, -0.25) is 9.59 Å². The number of carbonyl (C=O) groups is 2. The van der Waals surface area contributed by atoms with Crippen LogP contribution in [-0.2, 0) is 14.3 Å². The van der Waals surface area contributed by atoms with Gasteiger partial charge in [0.15, 0.2) is 0 Å². The summed E-state index contributed by atoms with van der Waals surface area (Å²) in [7, 11) is 0. The number of nitrogens with one attached hydrogen (secondary N) is 1. The molecule has 0 saturated carbocycles. The molecule has 6 nitrogen and oxygen atoms in total. The Morgan fingerprint density at radius 3 is 1.05 bits per heavy atom. The van der Waals surface area contributed by atoms with E-state index in [4.69, 9.17) is 4.74 Å². The monoisotopic (exact) mass is 1070 g/mol. The second-order valence-electron chi connectivity index (χ2n) is 23.9. The molecule has 0 heterocycles. The number of unbranched alkanes of at least 4 members (excludes halogenated alkanes) is 50. The Balaban J connectivity index is 3.39. The van der Waals surface area contributed by atoms with Crippen LogP contribution in [0.4, 0.5) is 0 Å². The minimum absolute atomic E-state index is 0.00241. The van der Waals surface area contributed by atoms with Crippen LogP contribution in [0.15, 0.2) is 24.3 Å². The first-order valence-electron chi connectivity index (χ1n) is 34.6. The molecule has 0 aromatic rings. The predicted molar refractivity (Wildman–Crippen MR) is 333 cm³/mol. The number of hydrogen-bond donors (Lipinski definition) is 3. The van der Waals surface area contributed by atoms with Crippen molar-refractivity contribution in [2.45, 2.75) is 398 Å². The number of rotatable bonds is 65. The van der Waals surface area contributed by atoms with Crippen molar-refractivity contribution in [3.63, 3.8) is 0 Å². The van der Waals surface area contributed by atoms with E-state index in [0.717, 1.165) is 51.4 Å². The quantitative estimate of drug-likeness (QED) is 0.0320. The van der Waals surface area contributed by atoms with Crippen LogP contribution >= 0.6 is 0 Å². The topological polar surface area (TPSA) is 95.9 Å². The summed E-state index contributed by atoms with van der Waals surface area (Å²) in [5.41, 5.74) is 0. The molecular weight excluding hydrogens is 935 g/mol. The molecule has 0 rings (SSSR count). The summed E-state index contributed by atoms with van der Waals surface area (Å²) in [5.74, 6) is -0.0338. The molecular formula is C70H135NO5. The first-order valence-corrected chi connectivity index (χ1v) is 34.6. The number of amides is 1. The van der Waals surface area contributed by atoms with Crippen molar-refractivity contribution in [2.75, 3.05) is 13.2 Å². The van der Waals surface area contributed by atoms with Crippen LogP contribution in [0.5, 0.6) is 0 Å². The van der Waals surface area contributed by atoms with Crippen LogP contribution in [0.2, 0.25) is 0 Å². The van der Waals surface area contributed by atoms with Gasteiger partial charge in [0.25, 0.3) is 0 Å². The van der Waals surface area contributed by atoms with E-state index in [1.807, 2.05) is 0 Å². The summed E-state index contributed by atoms with van der Waals surface area (Å²) in [6.45, 7) is 4.92. The largest absolute Gasteiger partial charge is 0.466 e. The smallest absolute Gasteiger partial charge is 0.305 e. The van der Waals surface area contributed by atoms with E-state index in [2.05, 4.69) is 43.5 Å². The van der Waals surface area contributed by atoms with Gasteiger partial charge in [-0.1, -0.05) is 346 Å². The molecule has 3 N–H and O–H groups in total. The van der Waals surface area contributed by atoms with Gasteiger partial charge in [0.1, 0.15) is 0 Å². The zero-order valence-electron chi connectivity index (χ0n) is 51.5.